The topological polar surface area (TPSA) is 26.3 Å². The van der Waals surface area contributed by atoms with Crippen LogP contribution in [0.5, 0.6) is 5.75 Å². The van der Waals surface area contributed by atoms with E-state index in [-0.39, 0.29) is 5.97 Å². The predicted octanol–water partition coefficient (Wildman–Crippen LogP) is 6.74. The first-order valence-corrected chi connectivity index (χ1v) is 10.1. The Morgan fingerprint density at radius 3 is 2.50 bits per heavy atom. The lowest BCUT2D eigenvalue weighted by Gasteiger charge is -2.30. The van der Waals surface area contributed by atoms with Crippen LogP contribution >= 0.6 is 0 Å². The normalized spacial score (nSPS) is 19.9. The molecule has 3 rings (SSSR count). The summed E-state index contributed by atoms with van der Waals surface area (Å²) < 4.78 is 5.41. The van der Waals surface area contributed by atoms with Crippen molar-refractivity contribution in [1.29, 1.82) is 0 Å². The molecule has 0 unspecified atom stereocenters. The molecule has 0 radical (unpaired) electrons. The first-order chi connectivity index (χ1) is 12.7. The maximum atomic E-state index is 11.6. The van der Waals surface area contributed by atoms with Gasteiger partial charge in [0, 0.05) is 6.42 Å². The van der Waals surface area contributed by atoms with Gasteiger partial charge in [-0.2, -0.15) is 0 Å². The Bertz CT molecular complexity index is 726. The summed E-state index contributed by atoms with van der Waals surface area (Å²) in [4.78, 5) is 11.6. The molecule has 0 heterocycles. The maximum Gasteiger partial charge on any atom is 0.310 e. The van der Waals surface area contributed by atoms with E-state index in [1.54, 1.807) is 0 Å². The third kappa shape index (κ3) is 4.55. The van der Waals surface area contributed by atoms with Crippen LogP contribution in [0.4, 0.5) is 0 Å². The molecule has 1 aliphatic carbocycles. The molecule has 0 amide bonds. The molecular formula is C24H30O2. The standard InChI is InChI=1S/C24H30O2/c1-3-8-18-13-15-19(16-14-18)22-11-5-6-12-23(22)20-9-7-10-21(17-20)26-24(25)4-2/h5-7,9-12,17-19H,3-4,8,13-16H2,1-2H3. The van der Waals surface area contributed by atoms with E-state index >= 15 is 0 Å². The summed E-state index contributed by atoms with van der Waals surface area (Å²) in [5, 5.41) is 0. The summed E-state index contributed by atoms with van der Waals surface area (Å²) in [6.45, 7) is 4.11. The number of hydrogen-bond donors (Lipinski definition) is 0. The maximum absolute atomic E-state index is 11.6. The van der Waals surface area contributed by atoms with Crippen LogP contribution < -0.4 is 4.74 Å². The average Bonchev–Trinajstić information content (AvgIpc) is 2.69. The Labute approximate surface area is 157 Å². The second-order valence-electron chi connectivity index (χ2n) is 7.45. The van der Waals surface area contributed by atoms with Gasteiger partial charge in [0.05, 0.1) is 0 Å². The van der Waals surface area contributed by atoms with Crippen molar-refractivity contribution in [2.75, 3.05) is 0 Å². The van der Waals surface area contributed by atoms with Crippen molar-refractivity contribution in [3.63, 3.8) is 0 Å². The first kappa shape index (κ1) is 18.7. The average molecular weight is 351 g/mol. The Balaban J connectivity index is 1.82. The SMILES string of the molecule is CCCC1CCC(c2ccccc2-c2cccc(OC(=O)CC)c2)CC1. The van der Waals surface area contributed by atoms with Gasteiger partial charge in [-0.1, -0.05) is 63.1 Å². The number of carbonyl (C=O) groups excluding carboxylic acids is 1. The minimum absolute atomic E-state index is 0.190. The number of benzene rings is 2. The Morgan fingerprint density at radius 1 is 1.00 bits per heavy atom. The van der Waals surface area contributed by atoms with Gasteiger partial charge in [-0.15, -0.1) is 0 Å². The molecule has 0 N–H and O–H groups in total. The summed E-state index contributed by atoms with van der Waals surface area (Å²) in [6, 6.07) is 16.7. The van der Waals surface area contributed by atoms with Crippen LogP contribution in [0.3, 0.4) is 0 Å². The Kier molecular flexibility index (Phi) is 6.49. The molecule has 138 valence electrons. The van der Waals surface area contributed by atoms with Gasteiger partial charge >= 0.3 is 5.97 Å². The molecule has 1 saturated carbocycles. The van der Waals surface area contributed by atoms with Crippen LogP contribution in [0.15, 0.2) is 48.5 Å². The summed E-state index contributed by atoms with van der Waals surface area (Å²) in [6.07, 6.45) is 8.33. The van der Waals surface area contributed by atoms with Crippen molar-refractivity contribution in [3.05, 3.63) is 54.1 Å². The highest BCUT2D eigenvalue weighted by Crippen LogP contribution is 2.41. The van der Waals surface area contributed by atoms with Gasteiger partial charge in [-0.25, -0.2) is 0 Å². The quantitative estimate of drug-likeness (QED) is 0.426. The predicted molar refractivity (Wildman–Crippen MR) is 107 cm³/mol. The molecule has 0 aliphatic heterocycles. The van der Waals surface area contributed by atoms with Gasteiger partial charge in [0.15, 0.2) is 0 Å². The van der Waals surface area contributed by atoms with E-state index in [4.69, 9.17) is 4.74 Å². The van der Waals surface area contributed by atoms with Crippen molar-refractivity contribution in [3.8, 4) is 16.9 Å². The highest BCUT2D eigenvalue weighted by molar-refractivity contribution is 5.74. The zero-order valence-corrected chi connectivity index (χ0v) is 16.0. The van der Waals surface area contributed by atoms with E-state index < -0.39 is 0 Å². The summed E-state index contributed by atoms with van der Waals surface area (Å²) in [5.74, 6) is 2.00. The largest absolute Gasteiger partial charge is 0.427 e. The number of rotatable bonds is 6. The molecule has 1 fully saturated rings. The van der Waals surface area contributed by atoms with E-state index in [2.05, 4.69) is 37.3 Å². The molecule has 2 heteroatoms. The van der Waals surface area contributed by atoms with Gasteiger partial charge in [0.2, 0.25) is 0 Å². The molecule has 26 heavy (non-hydrogen) atoms. The van der Waals surface area contributed by atoms with Crippen molar-refractivity contribution in [2.45, 2.75) is 64.7 Å². The Hall–Kier alpha value is -2.09. The number of carbonyl (C=O) groups is 1. The molecule has 0 saturated heterocycles. The van der Waals surface area contributed by atoms with E-state index in [9.17, 15) is 4.79 Å². The van der Waals surface area contributed by atoms with Crippen LogP contribution in [-0.4, -0.2) is 5.97 Å². The molecule has 1 aliphatic rings. The first-order valence-electron chi connectivity index (χ1n) is 10.1. The van der Waals surface area contributed by atoms with E-state index in [1.165, 1.54) is 49.7 Å². The Morgan fingerprint density at radius 2 is 1.77 bits per heavy atom. The minimum Gasteiger partial charge on any atom is -0.427 e. The molecule has 0 atom stereocenters. The molecule has 0 bridgehead atoms. The highest BCUT2D eigenvalue weighted by atomic mass is 16.5. The fourth-order valence-corrected chi connectivity index (χ4v) is 4.22. The van der Waals surface area contributed by atoms with E-state index in [1.807, 2.05) is 25.1 Å². The van der Waals surface area contributed by atoms with Gasteiger partial charge in [0.25, 0.3) is 0 Å². The van der Waals surface area contributed by atoms with Crippen LogP contribution in [0, 0.1) is 5.92 Å². The van der Waals surface area contributed by atoms with E-state index in [0.29, 0.717) is 18.1 Å². The smallest absolute Gasteiger partial charge is 0.310 e. The third-order valence-electron chi connectivity index (χ3n) is 5.61. The fraction of sp³-hybridized carbons (Fsp3) is 0.458. The second-order valence-corrected chi connectivity index (χ2v) is 7.45. The van der Waals surface area contributed by atoms with Gasteiger partial charge in [-0.3, -0.25) is 4.79 Å². The molecule has 2 aromatic rings. The van der Waals surface area contributed by atoms with Crippen molar-refractivity contribution in [1.82, 2.24) is 0 Å². The highest BCUT2D eigenvalue weighted by Gasteiger charge is 2.23. The van der Waals surface area contributed by atoms with Gasteiger partial charge in [-0.05, 0) is 66.3 Å². The third-order valence-corrected chi connectivity index (χ3v) is 5.61. The fourth-order valence-electron chi connectivity index (χ4n) is 4.22. The lowest BCUT2D eigenvalue weighted by molar-refractivity contribution is -0.134. The summed E-state index contributed by atoms with van der Waals surface area (Å²) in [7, 11) is 0. The van der Waals surface area contributed by atoms with Crippen LogP contribution in [0.2, 0.25) is 0 Å². The van der Waals surface area contributed by atoms with Gasteiger partial charge in [0.1, 0.15) is 5.75 Å². The van der Waals surface area contributed by atoms with Crippen LogP contribution in [-0.2, 0) is 4.79 Å². The molecule has 0 aromatic heterocycles. The monoisotopic (exact) mass is 350 g/mol. The number of hydrogen-bond acceptors (Lipinski definition) is 2. The second kappa shape index (κ2) is 9.02. The molecular weight excluding hydrogens is 320 g/mol. The summed E-state index contributed by atoms with van der Waals surface area (Å²) in [5.41, 5.74) is 3.86. The van der Waals surface area contributed by atoms with Crippen molar-refractivity contribution < 1.29 is 9.53 Å². The minimum atomic E-state index is -0.190. The number of ether oxygens (including phenoxy) is 1. The molecule has 2 nitrogen and oxygen atoms in total. The summed E-state index contributed by atoms with van der Waals surface area (Å²) >= 11 is 0. The van der Waals surface area contributed by atoms with E-state index in [0.717, 1.165) is 11.5 Å². The molecule has 2 aromatic carbocycles. The molecule has 0 spiro atoms. The lowest BCUT2D eigenvalue weighted by atomic mass is 9.75. The number of esters is 1. The lowest BCUT2D eigenvalue weighted by Crippen LogP contribution is -2.13. The van der Waals surface area contributed by atoms with Crippen molar-refractivity contribution in [2.24, 2.45) is 5.92 Å². The zero-order chi connectivity index (χ0) is 18.4. The van der Waals surface area contributed by atoms with Crippen LogP contribution in [0.1, 0.15) is 70.3 Å². The zero-order valence-electron chi connectivity index (χ0n) is 16.0. The van der Waals surface area contributed by atoms with Crippen molar-refractivity contribution >= 4 is 5.97 Å². The van der Waals surface area contributed by atoms with Crippen LogP contribution in [0.25, 0.3) is 11.1 Å². The van der Waals surface area contributed by atoms with Gasteiger partial charge < -0.3 is 4.74 Å².